The summed E-state index contributed by atoms with van der Waals surface area (Å²) < 4.78 is 10.6. The van der Waals surface area contributed by atoms with Gasteiger partial charge in [0.25, 0.3) is 0 Å². The molecule has 0 aromatic heterocycles. The molecule has 2 aromatic rings. The van der Waals surface area contributed by atoms with E-state index in [-0.39, 0.29) is 0 Å². The van der Waals surface area contributed by atoms with Crippen LogP contribution in [0.3, 0.4) is 0 Å². The van der Waals surface area contributed by atoms with E-state index >= 15 is 0 Å². The molecule has 0 saturated heterocycles. The van der Waals surface area contributed by atoms with Crippen LogP contribution in [0.4, 0.5) is 0 Å². The highest BCUT2D eigenvalue weighted by atomic mass is 79.9. The van der Waals surface area contributed by atoms with Gasteiger partial charge in [-0.2, -0.15) is 0 Å². The Labute approximate surface area is 159 Å². The van der Waals surface area contributed by atoms with Crippen molar-refractivity contribution in [2.75, 3.05) is 14.2 Å². The first-order chi connectivity index (χ1) is 12.6. The minimum absolute atomic E-state index is 0.401. The summed E-state index contributed by atoms with van der Waals surface area (Å²) >= 11 is 3.44. The third-order valence-electron chi connectivity index (χ3n) is 4.18. The first-order valence-corrected chi connectivity index (χ1v) is 8.60. The lowest BCUT2D eigenvalue weighted by Crippen LogP contribution is -2.32. The molecule has 0 atom stereocenters. The molecule has 0 aliphatic heterocycles. The molecule has 2 aromatic carbocycles. The van der Waals surface area contributed by atoms with Gasteiger partial charge in [-0.3, -0.25) is 9.59 Å². The lowest BCUT2D eigenvalue weighted by molar-refractivity contribution is -0.159. The highest BCUT2D eigenvalue weighted by molar-refractivity contribution is 9.10. The third kappa shape index (κ3) is 2.83. The number of esters is 2. The van der Waals surface area contributed by atoms with Crippen LogP contribution in [0.1, 0.15) is 11.1 Å². The maximum absolute atomic E-state index is 12.5. The van der Waals surface area contributed by atoms with E-state index in [9.17, 15) is 9.59 Å². The second kappa shape index (κ2) is 7.19. The molecule has 1 aliphatic rings. The van der Waals surface area contributed by atoms with E-state index < -0.39 is 17.4 Å². The number of carbonyl (C=O) groups is 2. The van der Waals surface area contributed by atoms with Gasteiger partial charge in [-0.1, -0.05) is 54.3 Å². The summed E-state index contributed by atoms with van der Waals surface area (Å²) in [4.78, 5) is 25.1. The normalized spacial score (nSPS) is 14.1. The topological polar surface area (TPSA) is 52.6 Å². The molecule has 130 valence electrons. The van der Waals surface area contributed by atoms with Gasteiger partial charge in [0.05, 0.1) is 14.2 Å². The smallest absolute Gasteiger partial charge is 0.333 e. The molecule has 3 rings (SSSR count). The number of hydrogen-bond acceptors (Lipinski definition) is 4. The van der Waals surface area contributed by atoms with Crippen LogP contribution in [0, 0.1) is 17.3 Å². The molecule has 0 unspecified atom stereocenters. The first kappa shape index (κ1) is 18.0. The Balaban J connectivity index is 2.14. The highest BCUT2D eigenvalue weighted by Crippen LogP contribution is 2.59. The van der Waals surface area contributed by atoms with E-state index in [1.165, 1.54) is 14.2 Å². The van der Waals surface area contributed by atoms with Crippen molar-refractivity contribution in [2.24, 2.45) is 5.41 Å². The van der Waals surface area contributed by atoms with Gasteiger partial charge >= 0.3 is 11.9 Å². The van der Waals surface area contributed by atoms with E-state index in [0.29, 0.717) is 11.1 Å². The molecule has 0 amide bonds. The number of rotatable bonds is 3. The molecular weight excluding hydrogens is 396 g/mol. The Morgan fingerprint density at radius 1 is 0.885 bits per heavy atom. The Morgan fingerprint density at radius 3 is 2.04 bits per heavy atom. The number of halogens is 1. The van der Waals surface area contributed by atoms with Crippen molar-refractivity contribution < 1.29 is 19.1 Å². The van der Waals surface area contributed by atoms with Crippen LogP contribution in [0.2, 0.25) is 0 Å². The van der Waals surface area contributed by atoms with Gasteiger partial charge in [0.2, 0.25) is 5.41 Å². The van der Waals surface area contributed by atoms with Crippen LogP contribution in [0.25, 0.3) is 5.57 Å². The summed E-state index contributed by atoms with van der Waals surface area (Å²) in [6.45, 7) is 0. The summed E-state index contributed by atoms with van der Waals surface area (Å²) in [6.07, 6.45) is 0. The monoisotopic (exact) mass is 410 g/mol. The maximum Gasteiger partial charge on any atom is 0.333 e. The van der Waals surface area contributed by atoms with Crippen molar-refractivity contribution >= 4 is 33.4 Å². The van der Waals surface area contributed by atoms with Gasteiger partial charge in [-0.05, 0) is 33.6 Å². The summed E-state index contributed by atoms with van der Waals surface area (Å²) in [5.74, 6) is 4.61. The molecule has 0 bridgehead atoms. The van der Waals surface area contributed by atoms with Gasteiger partial charge in [0.1, 0.15) is 0 Å². The number of ether oxygens (including phenoxy) is 2. The number of benzene rings is 2. The predicted octanol–water partition coefficient (Wildman–Crippen LogP) is 3.60. The zero-order chi connectivity index (χ0) is 18.7. The van der Waals surface area contributed by atoms with Gasteiger partial charge in [-0.15, -0.1) is 0 Å². The summed E-state index contributed by atoms with van der Waals surface area (Å²) in [5, 5.41) is 0. The second-order valence-corrected chi connectivity index (χ2v) is 6.43. The van der Waals surface area contributed by atoms with Gasteiger partial charge in [0.15, 0.2) is 0 Å². The molecule has 0 N–H and O–H groups in total. The molecule has 5 heteroatoms. The second-order valence-electron chi connectivity index (χ2n) is 5.58. The molecule has 1 aliphatic carbocycles. The quantitative estimate of drug-likeness (QED) is 0.440. The lowest BCUT2D eigenvalue weighted by atomic mass is 9.94. The molecule has 0 radical (unpaired) electrons. The van der Waals surface area contributed by atoms with Crippen molar-refractivity contribution in [3.05, 3.63) is 75.8 Å². The zero-order valence-electron chi connectivity index (χ0n) is 14.2. The summed E-state index contributed by atoms with van der Waals surface area (Å²) in [6, 6.07) is 16.6. The van der Waals surface area contributed by atoms with E-state index in [1.54, 1.807) is 0 Å². The zero-order valence-corrected chi connectivity index (χ0v) is 15.8. The predicted molar refractivity (Wildman–Crippen MR) is 101 cm³/mol. The van der Waals surface area contributed by atoms with Crippen LogP contribution in [-0.4, -0.2) is 26.2 Å². The van der Waals surface area contributed by atoms with E-state index in [1.807, 2.05) is 54.6 Å². The molecular formula is C21H15BrO4. The van der Waals surface area contributed by atoms with E-state index in [4.69, 9.17) is 9.47 Å². The van der Waals surface area contributed by atoms with Crippen molar-refractivity contribution in [3.8, 4) is 11.8 Å². The molecule has 4 nitrogen and oxygen atoms in total. The Hall–Kier alpha value is -2.84. The van der Waals surface area contributed by atoms with Crippen LogP contribution in [-0.2, 0) is 19.1 Å². The van der Waals surface area contributed by atoms with Crippen LogP contribution in [0.15, 0.2) is 64.6 Å². The Morgan fingerprint density at radius 2 is 1.46 bits per heavy atom. The molecule has 0 fully saturated rings. The minimum atomic E-state index is -1.60. The highest BCUT2D eigenvalue weighted by Gasteiger charge is 2.67. The van der Waals surface area contributed by atoms with Gasteiger partial charge < -0.3 is 9.47 Å². The third-order valence-corrected chi connectivity index (χ3v) is 4.87. The van der Waals surface area contributed by atoms with E-state index in [0.717, 1.165) is 15.6 Å². The standard InChI is InChI=1S/C21H15BrO4/c1-25-19(23)21(20(24)26-2)16(18(21)15-9-4-3-5-10-15)13-12-14-8-6-7-11-17(14)22/h3-11H,1-2H3. The Bertz CT molecular complexity index is 948. The molecule has 0 saturated carbocycles. The molecule has 0 spiro atoms. The lowest BCUT2D eigenvalue weighted by Gasteiger charge is -2.14. The van der Waals surface area contributed by atoms with Crippen LogP contribution < -0.4 is 0 Å². The fourth-order valence-electron chi connectivity index (χ4n) is 2.89. The average Bonchev–Trinajstić information content (AvgIpc) is 3.36. The number of hydrogen-bond donors (Lipinski definition) is 0. The maximum atomic E-state index is 12.5. The largest absolute Gasteiger partial charge is 0.468 e. The minimum Gasteiger partial charge on any atom is -0.468 e. The van der Waals surface area contributed by atoms with Crippen molar-refractivity contribution in [3.63, 3.8) is 0 Å². The van der Waals surface area contributed by atoms with Gasteiger partial charge in [0, 0.05) is 21.2 Å². The fourth-order valence-corrected chi connectivity index (χ4v) is 3.28. The molecule has 26 heavy (non-hydrogen) atoms. The van der Waals surface area contributed by atoms with Crippen molar-refractivity contribution in [2.45, 2.75) is 0 Å². The fraction of sp³-hybridized carbons (Fsp3) is 0.143. The summed E-state index contributed by atoms with van der Waals surface area (Å²) in [7, 11) is 2.49. The van der Waals surface area contributed by atoms with Crippen molar-refractivity contribution in [1.82, 2.24) is 0 Å². The SMILES string of the molecule is COC(=O)C1(C(=O)OC)C(C#Cc2ccccc2Br)=C1c1ccccc1. The Kier molecular flexibility index (Phi) is 4.97. The summed E-state index contributed by atoms with van der Waals surface area (Å²) in [5.41, 5.74) is 0.816. The first-order valence-electron chi connectivity index (χ1n) is 7.81. The molecule has 0 heterocycles. The number of methoxy groups -OCH3 is 2. The van der Waals surface area contributed by atoms with Crippen LogP contribution >= 0.6 is 15.9 Å². The van der Waals surface area contributed by atoms with Crippen LogP contribution in [0.5, 0.6) is 0 Å². The number of carbonyl (C=O) groups excluding carboxylic acids is 2. The van der Waals surface area contributed by atoms with E-state index in [2.05, 4.69) is 27.8 Å². The average molecular weight is 411 g/mol. The van der Waals surface area contributed by atoms with Gasteiger partial charge in [-0.25, -0.2) is 0 Å². The van der Waals surface area contributed by atoms with Crippen molar-refractivity contribution in [1.29, 1.82) is 0 Å².